The van der Waals surface area contributed by atoms with E-state index in [4.69, 9.17) is 10.8 Å². The molecular weight excluding hydrogens is 216 g/mol. The molecule has 0 radical (unpaired) electrons. The standard InChI is InChI=1S/C13H18N2O2/c1-9-4-3-5-10(2)11(9)15-7-6-13(14,8-15)12(16)17/h3-5H,6-8,14H2,1-2H3,(H,16,17). The van der Waals surface area contributed by atoms with Crippen molar-refractivity contribution >= 4 is 11.7 Å². The highest BCUT2D eigenvalue weighted by Crippen LogP contribution is 2.30. The summed E-state index contributed by atoms with van der Waals surface area (Å²) in [6, 6.07) is 6.09. The van der Waals surface area contributed by atoms with Crippen LogP contribution in [-0.2, 0) is 4.79 Å². The van der Waals surface area contributed by atoms with Crippen molar-refractivity contribution in [3.8, 4) is 0 Å². The number of anilines is 1. The molecule has 17 heavy (non-hydrogen) atoms. The maximum Gasteiger partial charge on any atom is 0.325 e. The molecule has 2 rings (SSSR count). The monoisotopic (exact) mass is 234 g/mol. The molecule has 1 atom stereocenters. The zero-order chi connectivity index (χ0) is 12.6. The highest BCUT2D eigenvalue weighted by Gasteiger charge is 2.41. The Morgan fingerprint density at radius 2 is 2.00 bits per heavy atom. The Balaban J connectivity index is 2.30. The topological polar surface area (TPSA) is 66.6 Å². The third-order valence-corrected chi connectivity index (χ3v) is 3.48. The fourth-order valence-electron chi connectivity index (χ4n) is 2.50. The Morgan fingerprint density at radius 1 is 1.41 bits per heavy atom. The first-order valence-corrected chi connectivity index (χ1v) is 5.77. The Morgan fingerprint density at radius 3 is 2.47 bits per heavy atom. The van der Waals surface area contributed by atoms with Gasteiger partial charge in [0.25, 0.3) is 0 Å². The average molecular weight is 234 g/mol. The summed E-state index contributed by atoms with van der Waals surface area (Å²) in [5.74, 6) is -0.911. The van der Waals surface area contributed by atoms with Crippen molar-refractivity contribution in [1.29, 1.82) is 0 Å². The number of para-hydroxylation sites is 1. The molecule has 0 amide bonds. The molecule has 0 aromatic heterocycles. The number of carboxylic acids is 1. The van der Waals surface area contributed by atoms with E-state index in [1.807, 2.05) is 32.0 Å². The number of benzene rings is 1. The molecule has 1 aromatic rings. The Hall–Kier alpha value is -1.55. The zero-order valence-electron chi connectivity index (χ0n) is 10.2. The number of carboxylic acid groups (broad SMARTS) is 1. The lowest BCUT2D eigenvalue weighted by Gasteiger charge is -2.25. The highest BCUT2D eigenvalue weighted by molar-refractivity contribution is 5.81. The lowest BCUT2D eigenvalue weighted by molar-refractivity contribution is -0.142. The highest BCUT2D eigenvalue weighted by atomic mass is 16.4. The predicted octanol–water partition coefficient (Wildman–Crippen LogP) is 1.30. The largest absolute Gasteiger partial charge is 0.480 e. The van der Waals surface area contributed by atoms with Gasteiger partial charge in [-0.15, -0.1) is 0 Å². The van der Waals surface area contributed by atoms with Gasteiger partial charge in [-0.1, -0.05) is 18.2 Å². The number of rotatable bonds is 2. The molecule has 4 nitrogen and oxygen atoms in total. The molecule has 1 aliphatic heterocycles. The van der Waals surface area contributed by atoms with Crippen molar-refractivity contribution in [1.82, 2.24) is 0 Å². The van der Waals surface area contributed by atoms with Crippen LogP contribution in [0.1, 0.15) is 17.5 Å². The van der Waals surface area contributed by atoms with Crippen molar-refractivity contribution in [2.24, 2.45) is 5.73 Å². The van der Waals surface area contributed by atoms with Crippen LogP contribution in [0.2, 0.25) is 0 Å². The van der Waals surface area contributed by atoms with Crippen LogP contribution in [0.5, 0.6) is 0 Å². The molecule has 4 heteroatoms. The minimum Gasteiger partial charge on any atom is -0.480 e. The van der Waals surface area contributed by atoms with E-state index < -0.39 is 11.5 Å². The van der Waals surface area contributed by atoms with Crippen LogP contribution in [0.3, 0.4) is 0 Å². The first-order chi connectivity index (χ1) is 7.94. The van der Waals surface area contributed by atoms with Crippen LogP contribution in [0.15, 0.2) is 18.2 Å². The summed E-state index contributed by atoms with van der Waals surface area (Å²) < 4.78 is 0. The van der Waals surface area contributed by atoms with Gasteiger partial charge in [0.1, 0.15) is 5.54 Å². The number of hydrogen-bond acceptors (Lipinski definition) is 3. The average Bonchev–Trinajstić information content (AvgIpc) is 2.62. The fourth-order valence-corrected chi connectivity index (χ4v) is 2.50. The minimum absolute atomic E-state index is 0.383. The summed E-state index contributed by atoms with van der Waals surface area (Å²) in [4.78, 5) is 13.2. The Kier molecular flexibility index (Phi) is 2.83. The van der Waals surface area contributed by atoms with Crippen molar-refractivity contribution in [3.05, 3.63) is 29.3 Å². The molecule has 92 valence electrons. The maximum absolute atomic E-state index is 11.1. The lowest BCUT2D eigenvalue weighted by atomic mass is 10.0. The van der Waals surface area contributed by atoms with Gasteiger partial charge >= 0.3 is 5.97 Å². The fraction of sp³-hybridized carbons (Fsp3) is 0.462. The van der Waals surface area contributed by atoms with Crippen molar-refractivity contribution < 1.29 is 9.90 Å². The van der Waals surface area contributed by atoms with Crippen LogP contribution in [0, 0.1) is 13.8 Å². The molecule has 1 heterocycles. The smallest absolute Gasteiger partial charge is 0.325 e. The first-order valence-electron chi connectivity index (χ1n) is 5.77. The minimum atomic E-state index is -1.10. The first kappa shape index (κ1) is 11.9. The van der Waals surface area contributed by atoms with Gasteiger partial charge in [-0.3, -0.25) is 4.79 Å². The van der Waals surface area contributed by atoms with Gasteiger partial charge in [-0.05, 0) is 31.4 Å². The van der Waals surface area contributed by atoms with Crippen molar-refractivity contribution in [3.63, 3.8) is 0 Å². The van der Waals surface area contributed by atoms with Gasteiger partial charge < -0.3 is 15.7 Å². The van der Waals surface area contributed by atoms with E-state index in [1.54, 1.807) is 0 Å². The molecule has 1 aromatic carbocycles. The van der Waals surface area contributed by atoms with Crippen LogP contribution in [0.4, 0.5) is 5.69 Å². The van der Waals surface area contributed by atoms with E-state index in [2.05, 4.69) is 4.90 Å². The van der Waals surface area contributed by atoms with Gasteiger partial charge in [0.15, 0.2) is 0 Å². The van der Waals surface area contributed by atoms with Crippen molar-refractivity contribution in [2.45, 2.75) is 25.8 Å². The normalized spacial score (nSPS) is 24.1. The summed E-state index contributed by atoms with van der Waals surface area (Å²) >= 11 is 0. The lowest BCUT2D eigenvalue weighted by Crippen LogP contribution is -2.50. The van der Waals surface area contributed by atoms with Crippen LogP contribution < -0.4 is 10.6 Å². The molecular formula is C13H18N2O2. The van der Waals surface area contributed by atoms with E-state index in [9.17, 15) is 4.79 Å². The number of aryl methyl sites for hydroxylation is 2. The van der Waals surface area contributed by atoms with Gasteiger partial charge in [0.05, 0.1) is 0 Å². The molecule has 1 saturated heterocycles. The second-order valence-electron chi connectivity index (χ2n) is 4.87. The van der Waals surface area contributed by atoms with E-state index >= 15 is 0 Å². The van der Waals surface area contributed by atoms with Crippen molar-refractivity contribution in [2.75, 3.05) is 18.0 Å². The molecule has 1 aliphatic rings. The molecule has 0 bridgehead atoms. The van der Waals surface area contributed by atoms with Gasteiger partial charge in [0.2, 0.25) is 0 Å². The van der Waals surface area contributed by atoms with E-state index in [1.165, 1.54) is 11.1 Å². The Bertz CT molecular complexity index is 438. The maximum atomic E-state index is 11.1. The number of carbonyl (C=O) groups is 1. The summed E-state index contributed by atoms with van der Waals surface area (Å²) in [5, 5.41) is 9.12. The summed E-state index contributed by atoms with van der Waals surface area (Å²) in [6.07, 6.45) is 0.496. The molecule has 0 aliphatic carbocycles. The SMILES string of the molecule is Cc1cccc(C)c1N1CCC(N)(C(=O)O)C1. The third kappa shape index (κ3) is 2.00. The van der Waals surface area contributed by atoms with Gasteiger partial charge in [-0.25, -0.2) is 0 Å². The van der Waals surface area contributed by atoms with Gasteiger partial charge in [-0.2, -0.15) is 0 Å². The quantitative estimate of drug-likeness (QED) is 0.809. The molecule has 3 N–H and O–H groups in total. The molecule has 1 fully saturated rings. The van der Waals surface area contributed by atoms with Gasteiger partial charge in [0, 0.05) is 18.8 Å². The number of nitrogens with zero attached hydrogens (tertiary/aromatic N) is 1. The number of aliphatic carboxylic acids is 1. The second-order valence-corrected chi connectivity index (χ2v) is 4.87. The summed E-state index contributed by atoms with van der Waals surface area (Å²) in [5.41, 5.74) is 8.24. The molecule has 1 unspecified atom stereocenters. The van der Waals surface area contributed by atoms with Crippen LogP contribution in [0.25, 0.3) is 0 Å². The predicted molar refractivity (Wildman–Crippen MR) is 67.3 cm³/mol. The number of hydrogen-bond donors (Lipinski definition) is 2. The summed E-state index contributed by atoms with van der Waals surface area (Å²) in [7, 11) is 0. The van der Waals surface area contributed by atoms with Crippen LogP contribution in [-0.4, -0.2) is 29.7 Å². The summed E-state index contributed by atoms with van der Waals surface area (Å²) in [6.45, 7) is 5.17. The molecule has 0 spiro atoms. The van der Waals surface area contributed by atoms with E-state index in [0.717, 1.165) is 5.69 Å². The van der Waals surface area contributed by atoms with Crippen LogP contribution >= 0.6 is 0 Å². The number of nitrogens with two attached hydrogens (primary N) is 1. The zero-order valence-corrected chi connectivity index (χ0v) is 10.2. The van der Waals surface area contributed by atoms with E-state index in [0.29, 0.717) is 19.5 Å². The second kappa shape index (κ2) is 4.04. The Labute approximate surface area is 101 Å². The van der Waals surface area contributed by atoms with E-state index in [-0.39, 0.29) is 0 Å². The molecule has 0 saturated carbocycles. The third-order valence-electron chi connectivity index (χ3n) is 3.48.